The Morgan fingerprint density at radius 2 is 0.963 bits per heavy atom. The zero-order valence-electron chi connectivity index (χ0n) is 29.7. The Balaban J connectivity index is 1.81. The predicted octanol–water partition coefficient (Wildman–Crippen LogP) is -0.0951. The largest absolute Gasteiger partial charge is 0.480 e. The third kappa shape index (κ3) is 16.7. The van der Waals surface area contributed by atoms with Gasteiger partial charge in [-0.25, -0.2) is 4.79 Å². The summed E-state index contributed by atoms with van der Waals surface area (Å²) in [6, 6.07) is -2.74. The molecule has 2 aliphatic heterocycles. The van der Waals surface area contributed by atoms with Gasteiger partial charge in [0.15, 0.2) is 0 Å². The van der Waals surface area contributed by atoms with E-state index in [1.54, 1.807) is 13.8 Å². The van der Waals surface area contributed by atoms with Gasteiger partial charge < -0.3 is 25.5 Å². The van der Waals surface area contributed by atoms with E-state index in [-0.39, 0.29) is 18.9 Å². The van der Waals surface area contributed by atoms with Gasteiger partial charge in [-0.2, -0.15) is 0 Å². The van der Waals surface area contributed by atoms with Crippen molar-refractivity contribution in [3.8, 4) is 142 Å². The van der Waals surface area contributed by atoms with E-state index in [9.17, 15) is 29.1 Å². The Labute approximate surface area is 317 Å². The lowest BCUT2D eigenvalue weighted by atomic mass is 10.1. The van der Waals surface area contributed by atoms with E-state index in [1.807, 2.05) is 0 Å². The van der Waals surface area contributed by atoms with Crippen molar-refractivity contribution in [2.75, 3.05) is 19.6 Å². The fraction of sp³-hybridized carbons (Fsp3) is 0.341. The highest BCUT2D eigenvalue weighted by atomic mass is 16.4. The third-order valence-electron chi connectivity index (χ3n) is 7.18. The molecule has 264 valence electrons. The number of amides is 4. The van der Waals surface area contributed by atoms with E-state index < -0.39 is 41.8 Å². The standard InChI is InChI=1S/C44H32N4O6/c1-3-5-7-9-11-13-15-17-19-21-23-32-40(49)47-35-27-30-38(47)42(51)45-34-26-25-29-37(44(53)54)46-43(52)39-31-28-36-48(39)41(50)33-24-22-20-18-16-14-12-10-8-6-4-2/h37-39H,25-31,34-36H2,1-2H3,(H,45,51)(H,46,52)(H,53,54). The van der Waals surface area contributed by atoms with Gasteiger partial charge in [-0.1, -0.05) is 11.8 Å². The first-order valence-corrected chi connectivity index (χ1v) is 16.6. The summed E-state index contributed by atoms with van der Waals surface area (Å²) in [5.74, 6) is 56.2. The number of carbonyl (C=O) groups is 5. The Hall–Kier alpha value is -7.93. The minimum absolute atomic E-state index is 0.0989. The molecular formula is C44H32N4O6. The van der Waals surface area contributed by atoms with Crippen molar-refractivity contribution in [1.29, 1.82) is 0 Å². The molecule has 0 aromatic carbocycles. The second kappa shape index (κ2) is 26.0. The highest BCUT2D eigenvalue weighted by Crippen LogP contribution is 2.19. The van der Waals surface area contributed by atoms with Crippen LogP contribution in [0.5, 0.6) is 0 Å². The van der Waals surface area contributed by atoms with Gasteiger partial charge in [0.25, 0.3) is 11.8 Å². The molecule has 0 aromatic rings. The van der Waals surface area contributed by atoms with Crippen LogP contribution in [0.4, 0.5) is 0 Å². The minimum atomic E-state index is -1.22. The van der Waals surface area contributed by atoms with E-state index in [1.165, 1.54) is 9.80 Å². The van der Waals surface area contributed by atoms with E-state index in [0.717, 1.165) is 0 Å². The number of rotatable bonds is 9. The molecule has 10 heteroatoms. The molecule has 3 N–H and O–H groups in total. The van der Waals surface area contributed by atoms with Gasteiger partial charge in [-0.3, -0.25) is 19.2 Å². The average molecular weight is 713 g/mol. The number of carbonyl (C=O) groups excluding carboxylic acids is 4. The second-order valence-corrected chi connectivity index (χ2v) is 10.7. The molecule has 0 spiro atoms. The molecule has 3 unspecified atom stereocenters. The summed E-state index contributed by atoms with van der Waals surface area (Å²) in [5.41, 5.74) is 0. The van der Waals surface area contributed by atoms with Crippen molar-refractivity contribution in [3.05, 3.63) is 0 Å². The first-order chi connectivity index (χ1) is 26.3. The summed E-state index contributed by atoms with van der Waals surface area (Å²) in [6.07, 6.45) is 2.92. The molecule has 54 heavy (non-hydrogen) atoms. The summed E-state index contributed by atoms with van der Waals surface area (Å²) < 4.78 is 0. The van der Waals surface area contributed by atoms with Gasteiger partial charge in [0.05, 0.1) is 0 Å². The van der Waals surface area contributed by atoms with Gasteiger partial charge in [-0.05, 0) is 177 Å². The highest BCUT2D eigenvalue weighted by molar-refractivity contribution is 5.99. The van der Waals surface area contributed by atoms with Crippen LogP contribution in [-0.4, -0.2) is 82.3 Å². The number of nitrogens with zero attached hydrogens (tertiary/aromatic N) is 2. The van der Waals surface area contributed by atoms with Crippen molar-refractivity contribution in [2.45, 2.75) is 76.9 Å². The molecule has 0 aromatic heterocycles. The van der Waals surface area contributed by atoms with E-state index >= 15 is 0 Å². The molecular weight excluding hydrogens is 681 g/mol. The van der Waals surface area contributed by atoms with Crippen molar-refractivity contribution in [2.24, 2.45) is 0 Å². The van der Waals surface area contributed by atoms with Crippen LogP contribution in [0.15, 0.2) is 0 Å². The lowest BCUT2D eigenvalue weighted by Gasteiger charge is -2.24. The number of hydrogen-bond donors (Lipinski definition) is 3. The molecule has 0 radical (unpaired) electrons. The molecule has 10 nitrogen and oxygen atoms in total. The van der Waals surface area contributed by atoms with E-state index in [2.05, 4.69) is 153 Å². The van der Waals surface area contributed by atoms with Crippen LogP contribution in [0, 0.1) is 142 Å². The number of carboxylic acid groups (broad SMARTS) is 1. The summed E-state index contributed by atoms with van der Waals surface area (Å²) >= 11 is 0. The molecule has 2 fully saturated rings. The molecule has 2 heterocycles. The Morgan fingerprint density at radius 3 is 1.37 bits per heavy atom. The topological polar surface area (TPSA) is 136 Å². The molecule has 2 rings (SSSR count). The summed E-state index contributed by atoms with van der Waals surface area (Å²) in [6.45, 7) is 4.23. The number of hydrogen-bond acceptors (Lipinski definition) is 5. The Bertz CT molecular complexity index is 2290. The zero-order chi connectivity index (χ0) is 39.2. The normalized spacial score (nSPS) is 14.0. The number of carboxylic acids is 1. The van der Waals surface area contributed by atoms with Crippen molar-refractivity contribution < 1.29 is 29.1 Å². The summed E-state index contributed by atoms with van der Waals surface area (Å²) in [5, 5.41) is 15.0. The van der Waals surface area contributed by atoms with Crippen LogP contribution in [0.2, 0.25) is 0 Å². The first-order valence-electron chi connectivity index (χ1n) is 16.6. The molecule has 3 atom stereocenters. The maximum Gasteiger partial charge on any atom is 0.326 e. The molecule has 0 saturated carbocycles. The number of nitrogens with one attached hydrogen (secondary N) is 2. The number of likely N-dealkylation sites (tertiary alicyclic amines) is 2. The summed E-state index contributed by atoms with van der Waals surface area (Å²) in [7, 11) is 0. The van der Waals surface area contributed by atoms with Gasteiger partial charge >= 0.3 is 5.97 Å². The second-order valence-electron chi connectivity index (χ2n) is 10.7. The van der Waals surface area contributed by atoms with Crippen LogP contribution in [0.3, 0.4) is 0 Å². The highest BCUT2D eigenvalue weighted by Gasteiger charge is 2.36. The van der Waals surface area contributed by atoms with E-state index in [4.69, 9.17) is 0 Å². The number of aliphatic carboxylic acids is 1. The molecule has 0 bridgehead atoms. The zero-order valence-corrected chi connectivity index (χ0v) is 29.7. The fourth-order valence-corrected chi connectivity index (χ4v) is 4.83. The van der Waals surface area contributed by atoms with Gasteiger partial charge in [-0.15, -0.1) is 0 Å². The minimum Gasteiger partial charge on any atom is -0.480 e. The van der Waals surface area contributed by atoms with Crippen LogP contribution in [0.25, 0.3) is 0 Å². The van der Waals surface area contributed by atoms with Crippen molar-refractivity contribution >= 4 is 29.6 Å². The van der Waals surface area contributed by atoms with Crippen molar-refractivity contribution in [1.82, 2.24) is 20.4 Å². The average Bonchev–Trinajstić information content (AvgIpc) is 3.86. The maximum absolute atomic E-state index is 13.0. The SMILES string of the molecule is CC#CC#CC#CC#CC#CC#CC(=O)N1CCCC1C(=O)NCCCCC(NC(=O)C1CCCN1C(=O)C#CC#CC#CC#CC#CC#CC)C(=O)O. The molecule has 0 aliphatic carbocycles. The first kappa shape index (κ1) is 42.2. The molecule has 4 amide bonds. The van der Waals surface area contributed by atoms with Gasteiger partial charge in [0.2, 0.25) is 11.8 Å². The maximum atomic E-state index is 13.0. The third-order valence-corrected chi connectivity index (χ3v) is 7.18. The van der Waals surface area contributed by atoms with E-state index in [0.29, 0.717) is 51.6 Å². The predicted molar refractivity (Wildman–Crippen MR) is 201 cm³/mol. The monoisotopic (exact) mass is 712 g/mol. The lowest BCUT2D eigenvalue weighted by molar-refractivity contribution is -0.143. The number of unbranched alkanes of at least 4 members (excludes halogenated alkanes) is 1. The van der Waals surface area contributed by atoms with Crippen molar-refractivity contribution in [3.63, 3.8) is 0 Å². The smallest absolute Gasteiger partial charge is 0.326 e. The Kier molecular flexibility index (Phi) is 20.3. The Morgan fingerprint density at radius 1 is 0.574 bits per heavy atom. The lowest BCUT2D eigenvalue weighted by Crippen LogP contribution is -2.50. The molecule has 2 saturated heterocycles. The molecule has 2 aliphatic rings. The van der Waals surface area contributed by atoms with Crippen LogP contribution < -0.4 is 10.6 Å². The van der Waals surface area contributed by atoms with Gasteiger partial charge in [0.1, 0.15) is 18.1 Å². The summed E-state index contributed by atoms with van der Waals surface area (Å²) in [4.78, 5) is 65.7. The fourth-order valence-electron chi connectivity index (χ4n) is 4.83. The quantitative estimate of drug-likeness (QED) is 0.226. The van der Waals surface area contributed by atoms with Crippen LogP contribution in [0.1, 0.15) is 58.8 Å². The van der Waals surface area contributed by atoms with Crippen LogP contribution in [-0.2, 0) is 24.0 Å². The van der Waals surface area contributed by atoms with Crippen LogP contribution >= 0.6 is 0 Å². The van der Waals surface area contributed by atoms with Gasteiger partial charge in [0, 0.05) is 31.5 Å².